The maximum atomic E-state index is 12.2. The van der Waals surface area contributed by atoms with Crippen molar-refractivity contribution < 1.29 is 14.3 Å². The second-order valence-electron chi connectivity index (χ2n) is 5.50. The van der Waals surface area contributed by atoms with Crippen LogP contribution in [0.2, 0.25) is 5.15 Å². The smallest absolute Gasteiger partial charge is 0.336 e. The molecule has 2 aromatic carbocycles. The van der Waals surface area contributed by atoms with Crippen molar-refractivity contribution in [1.29, 1.82) is 0 Å². The van der Waals surface area contributed by atoms with Gasteiger partial charge in [0.15, 0.2) is 5.58 Å². The zero-order valence-corrected chi connectivity index (χ0v) is 19.3. The van der Waals surface area contributed by atoms with E-state index < -0.39 is 5.97 Å². The molecule has 5 nitrogen and oxygen atoms in total. The lowest BCUT2D eigenvalue weighted by atomic mass is 10.2. The number of hydrogen-bond acceptors (Lipinski definition) is 4. The molecule has 1 N–H and O–H groups in total. The number of carboxylic acid groups (broad SMARTS) is 1. The minimum absolute atomic E-state index is 0.105. The van der Waals surface area contributed by atoms with Crippen molar-refractivity contribution in [3.8, 4) is 0 Å². The Morgan fingerprint density at radius 2 is 1.61 bits per heavy atom. The molecule has 0 amide bonds. The largest absolute Gasteiger partial charge is 0.478 e. The summed E-state index contributed by atoms with van der Waals surface area (Å²) in [5, 5.41) is 9.88. The summed E-state index contributed by atoms with van der Waals surface area (Å²) in [7, 11) is 0. The Morgan fingerprint density at radius 3 is 2.29 bits per heavy atom. The van der Waals surface area contributed by atoms with Gasteiger partial charge in [-0.1, -0.05) is 43.5 Å². The van der Waals surface area contributed by atoms with E-state index in [1.165, 1.54) is 12.3 Å². The first kappa shape index (κ1) is 21.0. The Morgan fingerprint density at radius 1 is 0.964 bits per heavy atom. The molecule has 0 radical (unpaired) electrons. The predicted molar refractivity (Wildman–Crippen MR) is 119 cm³/mol. The van der Waals surface area contributed by atoms with Gasteiger partial charge in [-0.25, -0.2) is 9.78 Å². The highest BCUT2D eigenvalue weighted by Crippen LogP contribution is 2.23. The lowest BCUT2D eigenvalue weighted by Crippen LogP contribution is -2.02. The molecular formula is C19H9Br3ClNO4. The minimum Gasteiger partial charge on any atom is -0.478 e. The fourth-order valence-electron chi connectivity index (χ4n) is 2.37. The maximum Gasteiger partial charge on any atom is 0.336 e. The highest BCUT2D eigenvalue weighted by atomic mass is 79.9. The summed E-state index contributed by atoms with van der Waals surface area (Å²) >= 11 is 15.4. The van der Waals surface area contributed by atoms with Crippen LogP contribution in [-0.2, 0) is 0 Å². The fourth-order valence-corrected chi connectivity index (χ4v) is 3.67. The monoisotopic (exact) mass is 587 g/mol. The van der Waals surface area contributed by atoms with E-state index in [1.54, 1.807) is 30.3 Å². The predicted octanol–water partition coefficient (Wildman–Crippen LogP) is 6.67. The fraction of sp³-hybridized carbons (Fsp3) is 0. The second-order valence-corrected chi connectivity index (χ2v) is 8.58. The molecule has 142 valence electrons. The van der Waals surface area contributed by atoms with Crippen LogP contribution >= 0.6 is 59.4 Å². The third-order valence-corrected chi connectivity index (χ3v) is 5.53. The van der Waals surface area contributed by atoms with Gasteiger partial charge in [0, 0.05) is 13.4 Å². The van der Waals surface area contributed by atoms with Gasteiger partial charge >= 0.3 is 5.97 Å². The van der Waals surface area contributed by atoms with Crippen LogP contribution in [0.15, 0.2) is 71.3 Å². The van der Waals surface area contributed by atoms with Gasteiger partial charge in [-0.15, -0.1) is 0 Å². The van der Waals surface area contributed by atoms with E-state index in [0.717, 1.165) is 8.95 Å². The number of halogens is 4. The maximum absolute atomic E-state index is 12.2. The van der Waals surface area contributed by atoms with E-state index in [0.29, 0.717) is 26.4 Å². The molecule has 0 aliphatic heterocycles. The first-order valence-corrected chi connectivity index (χ1v) is 10.4. The normalized spacial score (nSPS) is 10.6. The Balaban J connectivity index is 0.000000178. The molecule has 2 aromatic heterocycles. The third-order valence-electron chi connectivity index (χ3n) is 3.64. The summed E-state index contributed by atoms with van der Waals surface area (Å²) in [4.78, 5) is 26.6. The van der Waals surface area contributed by atoms with Crippen molar-refractivity contribution in [3.05, 3.63) is 83.0 Å². The van der Waals surface area contributed by atoms with Crippen LogP contribution < -0.4 is 5.43 Å². The molecule has 4 rings (SSSR count). The molecule has 2 heterocycles. The molecule has 4 aromatic rings. The van der Waals surface area contributed by atoms with Gasteiger partial charge in [0.25, 0.3) is 0 Å². The van der Waals surface area contributed by atoms with Gasteiger partial charge in [-0.3, -0.25) is 4.79 Å². The number of rotatable bonds is 1. The number of aromatic nitrogens is 1. The molecule has 9 heteroatoms. The van der Waals surface area contributed by atoms with Crippen molar-refractivity contribution in [3.63, 3.8) is 0 Å². The van der Waals surface area contributed by atoms with Gasteiger partial charge in [-0.2, -0.15) is 0 Å². The number of aromatic carboxylic acids is 1. The molecule has 0 fully saturated rings. The molecule has 0 aliphatic carbocycles. The third kappa shape index (κ3) is 4.63. The highest BCUT2D eigenvalue weighted by Gasteiger charge is 2.09. The Hall–Kier alpha value is -1.74. The molecular weight excluding hydrogens is 581 g/mol. The lowest BCUT2D eigenvalue weighted by Gasteiger charge is -2.01. The summed E-state index contributed by atoms with van der Waals surface area (Å²) in [6, 6.07) is 11.8. The van der Waals surface area contributed by atoms with Crippen molar-refractivity contribution in [2.45, 2.75) is 0 Å². The van der Waals surface area contributed by atoms with Crippen LogP contribution in [-0.4, -0.2) is 16.1 Å². The van der Waals surface area contributed by atoms with Gasteiger partial charge < -0.3 is 9.52 Å². The van der Waals surface area contributed by atoms with Crippen molar-refractivity contribution in [1.82, 2.24) is 4.98 Å². The van der Waals surface area contributed by atoms with Crippen LogP contribution in [0.5, 0.6) is 0 Å². The molecule has 28 heavy (non-hydrogen) atoms. The quantitative estimate of drug-likeness (QED) is 0.198. The number of carboxylic acids is 1. The zero-order valence-electron chi connectivity index (χ0n) is 13.7. The van der Waals surface area contributed by atoms with Gasteiger partial charge in [0.05, 0.1) is 22.5 Å². The molecule has 0 atom stereocenters. The summed E-state index contributed by atoms with van der Waals surface area (Å²) in [6.45, 7) is 0. The molecule has 0 saturated heterocycles. The van der Waals surface area contributed by atoms with Crippen LogP contribution in [0.4, 0.5) is 0 Å². The number of nitrogens with zero attached hydrogens (tertiary/aromatic N) is 1. The first-order chi connectivity index (χ1) is 13.3. The van der Waals surface area contributed by atoms with E-state index in [4.69, 9.17) is 21.1 Å². The number of fused-ring (bicyclic) bond motifs is 2. The molecule has 0 bridgehead atoms. The summed E-state index contributed by atoms with van der Waals surface area (Å²) in [5.74, 6) is -0.932. The number of hydrogen-bond donors (Lipinski definition) is 1. The molecule has 0 aliphatic rings. The van der Waals surface area contributed by atoms with Crippen molar-refractivity contribution >= 4 is 87.3 Å². The van der Waals surface area contributed by atoms with Crippen molar-refractivity contribution in [2.24, 2.45) is 0 Å². The van der Waals surface area contributed by atoms with E-state index in [-0.39, 0.29) is 16.1 Å². The molecule has 0 saturated carbocycles. The summed E-state index contributed by atoms with van der Waals surface area (Å²) in [6.07, 6.45) is 1.46. The van der Waals surface area contributed by atoms with E-state index in [9.17, 15) is 9.59 Å². The SMILES string of the molecule is O=C(O)c1cc(Br)ccc1Br.O=c1c2cc(Br)ccc2oc2cnc(Cl)cc12. The topological polar surface area (TPSA) is 80.4 Å². The second kappa shape index (κ2) is 8.73. The Bertz CT molecular complexity index is 1210. The van der Waals surface area contributed by atoms with Crippen LogP contribution in [0, 0.1) is 0 Å². The van der Waals surface area contributed by atoms with E-state index in [2.05, 4.69) is 52.8 Å². The zero-order chi connectivity index (χ0) is 20.4. The first-order valence-electron chi connectivity index (χ1n) is 7.62. The standard InChI is InChI=1S/C12H5BrClNO2.C7H4Br2O2/c13-6-1-2-9-7(3-6)12(16)8-4-11(14)15-5-10(8)17-9;8-4-1-2-6(9)5(3-4)7(10)11/h1-5H;1-3H,(H,10,11). The molecule has 0 unspecified atom stereocenters. The number of benzene rings is 2. The minimum atomic E-state index is -0.932. The Labute approximate surface area is 188 Å². The summed E-state index contributed by atoms with van der Waals surface area (Å²) in [5.41, 5.74) is 1.13. The van der Waals surface area contributed by atoms with Gasteiger partial charge in [0.2, 0.25) is 5.43 Å². The van der Waals surface area contributed by atoms with Crippen LogP contribution in [0.1, 0.15) is 10.4 Å². The van der Waals surface area contributed by atoms with Crippen LogP contribution in [0.25, 0.3) is 21.9 Å². The molecule has 0 spiro atoms. The average Bonchev–Trinajstić information content (AvgIpc) is 2.65. The van der Waals surface area contributed by atoms with Gasteiger partial charge in [-0.05, 0) is 58.4 Å². The van der Waals surface area contributed by atoms with E-state index in [1.807, 2.05) is 6.07 Å². The summed E-state index contributed by atoms with van der Waals surface area (Å²) < 4.78 is 7.78. The van der Waals surface area contributed by atoms with Crippen LogP contribution in [0.3, 0.4) is 0 Å². The van der Waals surface area contributed by atoms with E-state index >= 15 is 0 Å². The lowest BCUT2D eigenvalue weighted by molar-refractivity contribution is 0.0696. The number of carbonyl (C=O) groups is 1. The Kier molecular flexibility index (Phi) is 6.54. The number of pyridine rings is 1. The average molecular weight is 590 g/mol. The highest BCUT2D eigenvalue weighted by molar-refractivity contribution is 9.11. The van der Waals surface area contributed by atoms with Crippen molar-refractivity contribution in [2.75, 3.05) is 0 Å². The van der Waals surface area contributed by atoms with Gasteiger partial charge in [0.1, 0.15) is 10.7 Å².